The van der Waals surface area contributed by atoms with Gasteiger partial charge in [0, 0.05) is 14.6 Å². The minimum absolute atomic E-state index is 0.760. The fraction of sp³-hybridized carbons (Fsp3) is 0.0909. The first-order valence-electron chi connectivity index (χ1n) is 4.99. The lowest BCUT2D eigenvalue weighted by molar-refractivity contribution is 0.821. The zero-order valence-electron chi connectivity index (χ0n) is 8.68. The number of H-pyrrole nitrogens is 1. The van der Waals surface area contributed by atoms with Crippen molar-refractivity contribution in [2.75, 3.05) is 0 Å². The van der Waals surface area contributed by atoms with E-state index in [1.165, 1.54) is 8.45 Å². The van der Waals surface area contributed by atoms with Crippen molar-refractivity contribution in [1.82, 2.24) is 14.5 Å². The molecule has 3 nitrogen and oxygen atoms in total. The van der Waals surface area contributed by atoms with Crippen molar-refractivity contribution >= 4 is 57.2 Å². The summed E-state index contributed by atoms with van der Waals surface area (Å²) in [5.74, 6) is 0. The number of fused-ring (bicyclic) bond motifs is 1. The topological polar surface area (TPSA) is 33.6 Å². The van der Waals surface area contributed by atoms with Gasteiger partial charge in [-0.25, -0.2) is 0 Å². The van der Waals surface area contributed by atoms with Crippen LogP contribution in [-0.2, 0) is 6.54 Å². The Morgan fingerprint density at radius 2 is 2.35 bits per heavy atom. The largest absolute Gasteiger partial charge is 0.331 e. The molecule has 0 aliphatic heterocycles. The van der Waals surface area contributed by atoms with E-state index in [-0.39, 0.29) is 0 Å². The predicted molar refractivity (Wildman–Crippen MR) is 81.1 cm³/mol. The summed E-state index contributed by atoms with van der Waals surface area (Å²) in [7, 11) is 0. The molecule has 6 heteroatoms. The van der Waals surface area contributed by atoms with Crippen LogP contribution in [0.25, 0.3) is 11.0 Å². The molecule has 3 aromatic rings. The van der Waals surface area contributed by atoms with Gasteiger partial charge in [0.05, 0.1) is 23.1 Å². The maximum absolute atomic E-state index is 5.36. The highest BCUT2D eigenvalue weighted by Crippen LogP contribution is 2.19. The Hall–Kier alpha value is -0.730. The number of thiazole rings is 1. The average Bonchev–Trinajstić information content (AvgIpc) is 2.88. The Labute approximate surface area is 121 Å². The molecule has 0 aliphatic carbocycles. The van der Waals surface area contributed by atoms with E-state index in [2.05, 4.69) is 55.3 Å². The van der Waals surface area contributed by atoms with Crippen LogP contribution < -0.4 is 0 Å². The van der Waals surface area contributed by atoms with E-state index in [1.807, 2.05) is 11.7 Å². The van der Waals surface area contributed by atoms with Gasteiger partial charge in [-0.3, -0.25) is 4.98 Å². The Morgan fingerprint density at radius 1 is 1.47 bits per heavy atom. The third-order valence-electron chi connectivity index (χ3n) is 2.53. The number of imidazole rings is 1. The van der Waals surface area contributed by atoms with E-state index in [1.54, 1.807) is 11.3 Å². The summed E-state index contributed by atoms with van der Waals surface area (Å²) in [6.07, 6.45) is 1.89. The fourth-order valence-corrected chi connectivity index (χ4v) is 3.12. The lowest BCUT2D eigenvalue weighted by Gasteiger charge is -2.01. The molecule has 17 heavy (non-hydrogen) atoms. The van der Waals surface area contributed by atoms with E-state index in [4.69, 9.17) is 12.2 Å². The van der Waals surface area contributed by atoms with Crippen LogP contribution in [0.5, 0.6) is 0 Å². The van der Waals surface area contributed by atoms with Crippen molar-refractivity contribution < 1.29 is 0 Å². The third kappa shape index (κ3) is 2.16. The van der Waals surface area contributed by atoms with E-state index in [9.17, 15) is 0 Å². The average molecular weight is 373 g/mol. The lowest BCUT2D eigenvalue weighted by Crippen LogP contribution is -1.97. The number of nitrogens with zero attached hydrogens (tertiary/aromatic N) is 2. The summed E-state index contributed by atoms with van der Waals surface area (Å²) in [5, 5.41) is 0. The molecular formula is C11H8IN3S2. The number of hydrogen-bond donors (Lipinski definition) is 1. The Bertz CT molecular complexity index is 712. The van der Waals surface area contributed by atoms with Crippen LogP contribution in [0.1, 0.15) is 4.88 Å². The van der Waals surface area contributed by atoms with Crippen LogP contribution in [0.3, 0.4) is 0 Å². The smallest absolute Gasteiger partial charge is 0.178 e. The predicted octanol–water partition coefficient (Wildman–Crippen LogP) is 3.81. The van der Waals surface area contributed by atoms with E-state index in [0.29, 0.717) is 0 Å². The number of benzene rings is 1. The zero-order valence-corrected chi connectivity index (χ0v) is 12.5. The first kappa shape index (κ1) is 11.4. The van der Waals surface area contributed by atoms with Crippen LogP contribution in [0.15, 0.2) is 29.9 Å². The number of hydrogen-bond acceptors (Lipinski definition) is 3. The van der Waals surface area contributed by atoms with Crippen LogP contribution in [0.4, 0.5) is 0 Å². The van der Waals surface area contributed by atoms with Crippen LogP contribution in [0.2, 0.25) is 0 Å². The molecule has 0 saturated heterocycles. The molecule has 2 heterocycles. The molecule has 0 aliphatic rings. The van der Waals surface area contributed by atoms with Gasteiger partial charge in [0.15, 0.2) is 4.77 Å². The number of nitrogens with one attached hydrogen (secondary N) is 1. The first-order valence-corrected chi connectivity index (χ1v) is 7.36. The molecule has 3 rings (SSSR count). The molecule has 0 atom stereocenters. The quantitative estimate of drug-likeness (QED) is 0.548. The Kier molecular flexibility index (Phi) is 3.01. The zero-order chi connectivity index (χ0) is 11.8. The molecule has 0 unspecified atom stereocenters. The monoisotopic (exact) mass is 373 g/mol. The highest BCUT2D eigenvalue weighted by Gasteiger charge is 2.06. The molecule has 0 amide bonds. The fourth-order valence-electron chi connectivity index (χ4n) is 1.77. The number of halogens is 1. The van der Waals surface area contributed by atoms with Gasteiger partial charge < -0.3 is 9.55 Å². The maximum Gasteiger partial charge on any atom is 0.178 e. The van der Waals surface area contributed by atoms with E-state index >= 15 is 0 Å². The van der Waals surface area contributed by atoms with Crippen molar-refractivity contribution in [2.45, 2.75) is 6.54 Å². The summed E-state index contributed by atoms with van der Waals surface area (Å²) in [5.41, 5.74) is 4.08. The lowest BCUT2D eigenvalue weighted by atomic mass is 10.3. The van der Waals surface area contributed by atoms with Gasteiger partial charge in [0.1, 0.15) is 0 Å². The Balaban J connectivity index is 2.16. The van der Waals surface area contributed by atoms with Crippen molar-refractivity contribution in [1.29, 1.82) is 0 Å². The molecule has 86 valence electrons. The number of aromatic nitrogens is 3. The second-order valence-corrected chi connectivity index (χ2v) is 6.25. The summed E-state index contributed by atoms with van der Waals surface area (Å²) in [4.78, 5) is 8.53. The van der Waals surface area contributed by atoms with Crippen molar-refractivity contribution in [3.63, 3.8) is 0 Å². The summed E-state index contributed by atoms with van der Waals surface area (Å²) < 4.78 is 4.07. The SMILES string of the molecule is S=c1[nH]c2cc(I)ccc2n1Cc1cncs1. The number of aromatic amines is 1. The molecule has 0 fully saturated rings. The molecule has 0 saturated carbocycles. The van der Waals surface area contributed by atoms with Crippen molar-refractivity contribution in [2.24, 2.45) is 0 Å². The van der Waals surface area contributed by atoms with E-state index in [0.717, 1.165) is 22.3 Å². The molecular weight excluding hydrogens is 365 g/mol. The molecule has 1 N–H and O–H groups in total. The third-order valence-corrected chi connectivity index (χ3v) is 4.29. The molecule has 0 spiro atoms. The minimum Gasteiger partial charge on any atom is -0.331 e. The summed E-state index contributed by atoms with van der Waals surface area (Å²) in [6.45, 7) is 0.782. The normalized spacial score (nSPS) is 11.1. The van der Waals surface area contributed by atoms with Gasteiger partial charge in [-0.15, -0.1) is 11.3 Å². The second kappa shape index (κ2) is 4.51. The van der Waals surface area contributed by atoms with Crippen LogP contribution >= 0.6 is 46.1 Å². The van der Waals surface area contributed by atoms with Crippen LogP contribution in [-0.4, -0.2) is 14.5 Å². The minimum atomic E-state index is 0.760. The molecule has 0 bridgehead atoms. The number of rotatable bonds is 2. The van der Waals surface area contributed by atoms with Crippen molar-refractivity contribution in [3.05, 3.63) is 43.1 Å². The molecule has 2 aromatic heterocycles. The van der Waals surface area contributed by atoms with Crippen LogP contribution in [0, 0.1) is 8.34 Å². The van der Waals surface area contributed by atoms with Gasteiger partial charge >= 0.3 is 0 Å². The van der Waals surface area contributed by atoms with Gasteiger partial charge in [0.25, 0.3) is 0 Å². The summed E-state index contributed by atoms with van der Waals surface area (Å²) in [6, 6.07) is 6.30. The van der Waals surface area contributed by atoms with Crippen molar-refractivity contribution in [3.8, 4) is 0 Å². The van der Waals surface area contributed by atoms with Gasteiger partial charge in [-0.1, -0.05) is 0 Å². The maximum atomic E-state index is 5.36. The van der Waals surface area contributed by atoms with Gasteiger partial charge in [-0.05, 0) is 53.0 Å². The molecule has 0 radical (unpaired) electrons. The van der Waals surface area contributed by atoms with Gasteiger partial charge in [-0.2, -0.15) is 0 Å². The highest BCUT2D eigenvalue weighted by molar-refractivity contribution is 14.1. The first-order chi connectivity index (χ1) is 8.24. The van der Waals surface area contributed by atoms with E-state index < -0.39 is 0 Å². The molecule has 1 aromatic carbocycles. The second-order valence-electron chi connectivity index (χ2n) is 3.65. The van der Waals surface area contributed by atoms with Gasteiger partial charge in [0.2, 0.25) is 0 Å². The Morgan fingerprint density at radius 3 is 3.12 bits per heavy atom. The summed E-state index contributed by atoms with van der Waals surface area (Å²) >= 11 is 9.31. The standard InChI is InChI=1S/C11H8IN3S2/c12-7-1-2-10-9(3-7)14-11(16)15(10)5-8-4-13-6-17-8/h1-4,6H,5H2,(H,14,16). The highest BCUT2D eigenvalue weighted by atomic mass is 127.